The van der Waals surface area contributed by atoms with Crippen LogP contribution in [0.25, 0.3) is 0 Å². The van der Waals surface area contributed by atoms with Gasteiger partial charge in [0.25, 0.3) is 0 Å². The molecule has 0 saturated carbocycles. The van der Waals surface area contributed by atoms with E-state index < -0.39 is 5.82 Å². The number of halogens is 1. The van der Waals surface area contributed by atoms with E-state index in [1.54, 1.807) is 12.1 Å². The standard InChI is InChI=1S/C16H17FN2O/c1-12-6-8-13(9-7-12)10-18-11-16(20)19-15-5-3-2-4-14(15)17/h2-9,18H,10-11H2,1H3,(H,19,20). The molecule has 1 amide bonds. The van der Waals surface area contributed by atoms with Gasteiger partial charge in [-0.2, -0.15) is 0 Å². The highest BCUT2D eigenvalue weighted by molar-refractivity contribution is 5.92. The van der Waals surface area contributed by atoms with Crippen LogP contribution in [-0.2, 0) is 11.3 Å². The molecular formula is C16H17FN2O. The molecule has 0 heterocycles. The molecule has 2 aromatic carbocycles. The number of para-hydroxylation sites is 1. The predicted octanol–water partition coefficient (Wildman–Crippen LogP) is 2.86. The molecule has 104 valence electrons. The van der Waals surface area contributed by atoms with E-state index in [9.17, 15) is 9.18 Å². The first kappa shape index (κ1) is 14.2. The van der Waals surface area contributed by atoms with Crippen LogP contribution in [0.5, 0.6) is 0 Å². The molecule has 3 nitrogen and oxygen atoms in total. The van der Waals surface area contributed by atoms with E-state index in [-0.39, 0.29) is 18.1 Å². The molecule has 0 atom stereocenters. The van der Waals surface area contributed by atoms with Crippen LogP contribution in [0.4, 0.5) is 10.1 Å². The molecule has 0 bridgehead atoms. The fourth-order valence-electron chi connectivity index (χ4n) is 1.78. The summed E-state index contributed by atoms with van der Waals surface area (Å²) in [4.78, 5) is 11.7. The van der Waals surface area contributed by atoms with Gasteiger partial charge in [-0.05, 0) is 24.6 Å². The molecule has 4 heteroatoms. The quantitative estimate of drug-likeness (QED) is 0.878. The number of amides is 1. The van der Waals surface area contributed by atoms with Gasteiger partial charge in [0.1, 0.15) is 5.82 Å². The van der Waals surface area contributed by atoms with Crippen LogP contribution in [0, 0.1) is 12.7 Å². The lowest BCUT2D eigenvalue weighted by Crippen LogP contribution is -2.28. The van der Waals surface area contributed by atoms with Crippen molar-refractivity contribution >= 4 is 11.6 Å². The van der Waals surface area contributed by atoms with Gasteiger partial charge in [-0.1, -0.05) is 42.0 Å². The van der Waals surface area contributed by atoms with E-state index in [1.165, 1.54) is 17.7 Å². The maximum Gasteiger partial charge on any atom is 0.238 e. The van der Waals surface area contributed by atoms with Crippen molar-refractivity contribution in [3.05, 3.63) is 65.5 Å². The molecule has 2 aromatic rings. The summed E-state index contributed by atoms with van der Waals surface area (Å²) >= 11 is 0. The first-order chi connectivity index (χ1) is 9.65. The average Bonchev–Trinajstić information content (AvgIpc) is 2.44. The minimum Gasteiger partial charge on any atom is -0.322 e. The van der Waals surface area contributed by atoms with E-state index in [1.807, 2.05) is 31.2 Å². The van der Waals surface area contributed by atoms with E-state index in [0.29, 0.717) is 6.54 Å². The fraction of sp³-hybridized carbons (Fsp3) is 0.188. The van der Waals surface area contributed by atoms with Gasteiger partial charge >= 0.3 is 0 Å². The summed E-state index contributed by atoms with van der Waals surface area (Å²) in [6.07, 6.45) is 0. The second-order valence-electron chi connectivity index (χ2n) is 4.62. The number of hydrogen-bond acceptors (Lipinski definition) is 2. The number of carbonyl (C=O) groups excluding carboxylic acids is 1. The lowest BCUT2D eigenvalue weighted by molar-refractivity contribution is -0.115. The Balaban J connectivity index is 1.78. The van der Waals surface area contributed by atoms with Crippen molar-refractivity contribution in [3.8, 4) is 0 Å². The minimum atomic E-state index is -0.431. The van der Waals surface area contributed by atoms with Crippen LogP contribution in [0.1, 0.15) is 11.1 Å². The number of rotatable bonds is 5. The maximum absolute atomic E-state index is 13.3. The van der Waals surface area contributed by atoms with Gasteiger partial charge in [-0.3, -0.25) is 4.79 Å². The lowest BCUT2D eigenvalue weighted by atomic mass is 10.1. The Labute approximate surface area is 117 Å². The highest BCUT2D eigenvalue weighted by Crippen LogP contribution is 2.11. The van der Waals surface area contributed by atoms with Gasteiger partial charge in [-0.25, -0.2) is 4.39 Å². The molecule has 0 aliphatic rings. The maximum atomic E-state index is 13.3. The Kier molecular flexibility index (Phi) is 4.85. The van der Waals surface area contributed by atoms with Crippen LogP contribution >= 0.6 is 0 Å². The Bertz CT molecular complexity index is 581. The number of nitrogens with one attached hydrogen (secondary N) is 2. The summed E-state index contributed by atoms with van der Waals surface area (Å²) < 4.78 is 13.3. The molecule has 0 spiro atoms. The molecule has 20 heavy (non-hydrogen) atoms. The Hall–Kier alpha value is -2.20. The van der Waals surface area contributed by atoms with Gasteiger partial charge in [0.2, 0.25) is 5.91 Å². The van der Waals surface area contributed by atoms with Crippen LogP contribution in [0.2, 0.25) is 0 Å². The van der Waals surface area contributed by atoms with Gasteiger partial charge < -0.3 is 10.6 Å². The zero-order chi connectivity index (χ0) is 14.4. The molecule has 0 aliphatic carbocycles. The first-order valence-corrected chi connectivity index (χ1v) is 6.46. The molecule has 0 aliphatic heterocycles. The number of anilines is 1. The summed E-state index contributed by atoms with van der Waals surface area (Å²) in [7, 11) is 0. The van der Waals surface area contributed by atoms with E-state index in [0.717, 1.165) is 5.56 Å². The first-order valence-electron chi connectivity index (χ1n) is 6.46. The smallest absolute Gasteiger partial charge is 0.238 e. The van der Waals surface area contributed by atoms with Crippen molar-refractivity contribution < 1.29 is 9.18 Å². The normalized spacial score (nSPS) is 10.3. The molecule has 2 rings (SSSR count). The lowest BCUT2D eigenvalue weighted by Gasteiger charge is -2.07. The van der Waals surface area contributed by atoms with E-state index in [4.69, 9.17) is 0 Å². The highest BCUT2D eigenvalue weighted by Gasteiger charge is 2.05. The molecule has 0 fully saturated rings. The fourth-order valence-corrected chi connectivity index (χ4v) is 1.78. The molecule has 0 unspecified atom stereocenters. The number of benzene rings is 2. The second-order valence-corrected chi connectivity index (χ2v) is 4.62. The molecule has 0 radical (unpaired) electrons. The zero-order valence-corrected chi connectivity index (χ0v) is 11.3. The highest BCUT2D eigenvalue weighted by atomic mass is 19.1. The largest absolute Gasteiger partial charge is 0.322 e. The SMILES string of the molecule is Cc1ccc(CNCC(=O)Nc2ccccc2F)cc1. The van der Waals surface area contributed by atoms with Gasteiger partial charge in [0.15, 0.2) is 0 Å². The topological polar surface area (TPSA) is 41.1 Å². The number of aryl methyl sites for hydroxylation is 1. The van der Waals surface area contributed by atoms with Crippen molar-refractivity contribution in [1.29, 1.82) is 0 Å². The Morgan fingerprint density at radius 3 is 2.50 bits per heavy atom. The third-order valence-electron chi connectivity index (χ3n) is 2.88. The van der Waals surface area contributed by atoms with Crippen LogP contribution in [0.15, 0.2) is 48.5 Å². The Morgan fingerprint density at radius 1 is 1.10 bits per heavy atom. The van der Waals surface area contributed by atoms with Crippen LogP contribution in [-0.4, -0.2) is 12.5 Å². The van der Waals surface area contributed by atoms with Crippen molar-refractivity contribution in [2.24, 2.45) is 0 Å². The summed E-state index contributed by atoms with van der Waals surface area (Å²) in [5.74, 6) is -0.693. The third-order valence-corrected chi connectivity index (χ3v) is 2.88. The Morgan fingerprint density at radius 2 is 1.80 bits per heavy atom. The van der Waals surface area contributed by atoms with Crippen molar-refractivity contribution in [2.75, 3.05) is 11.9 Å². The minimum absolute atomic E-state index is 0.141. The van der Waals surface area contributed by atoms with Crippen molar-refractivity contribution in [3.63, 3.8) is 0 Å². The second kappa shape index (κ2) is 6.82. The number of carbonyl (C=O) groups is 1. The summed E-state index contributed by atoms with van der Waals surface area (Å²) in [6.45, 7) is 2.77. The predicted molar refractivity (Wildman–Crippen MR) is 77.9 cm³/mol. The van der Waals surface area contributed by atoms with Gasteiger partial charge in [0.05, 0.1) is 12.2 Å². The van der Waals surface area contributed by atoms with Crippen LogP contribution < -0.4 is 10.6 Å². The molecule has 0 aromatic heterocycles. The van der Waals surface area contributed by atoms with Gasteiger partial charge in [-0.15, -0.1) is 0 Å². The van der Waals surface area contributed by atoms with Crippen LogP contribution in [0.3, 0.4) is 0 Å². The summed E-state index contributed by atoms with van der Waals surface area (Å²) in [5, 5.41) is 5.56. The molecular weight excluding hydrogens is 255 g/mol. The average molecular weight is 272 g/mol. The molecule has 0 saturated heterocycles. The summed E-state index contributed by atoms with van der Waals surface area (Å²) in [6, 6.07) is 14.2. The van der Waals surface area contributed by atoms with Crippen molar-refractivity contribution in [1.82, 2.24) is 5.32 Å². The zero-order valence-electron chi connectivity index (χ0n) is 11.3. The summed E-state index contributed by atoms with van der Waals surface area (Å²) in [5.41, 5.74) is 2.51. The third kappa shape index (κ3) is 4.17. The molecule has 2 N–H and O–H groups in total. The van der Waals surface area contributed by atoms with Gasteiger partial charge in [0, 0.05) is 6.54 Å². The van der Waals surface area contributed by atoms with E-state index in [2.05, 4.69) is 10.6 Å². The number of hydrogen-bond donors (Lipinski definition) is 2. The monoisotopic (exact) mass is 272 g/mol. The van der Waals surface area contributed by atoms with Crippen molar-refractivity contribution in [2.45, 2.75) is 13.5 Å². The van der Waals surface area contributed by atoms with E-state index >= 15 is 0 Å².